The fourth-order valence-electron chi connectivity index (χ4n) is 2.74. The second-order valence-electron chi connectivity index (χ2n) is 5.04. The normalized spacial score (nSPS) is 20.0. The third-order valence-electron chi connectivity index (χ3n) is 3.74. The molecule has 2 aromatic heterocycles. The van der Waals surface area contributed by atoms with Gasteiger partial charge in [-0.15, -0.1) is 11.3 Å². The summed E-state index contributed by atoms with van der Waals surface area (Å²) >= 11 is 5.50. The summed E-state index contributed by atoms with van der Waals surface area (Å²) in [5.41, 5.74) is 2.79. The van der Waals surface area contributed by atoms with Crippen molar-refractivity contribution in [2.45, 2.75) is 38.3 Å². The number of hydrogen-bond acceptors (Lipinski definition) is 3. The van der Waals surface area contributed by atoms with Crippen LogP contribution in [0.2, 0.25) is 0 Å². The summed E-state index contributed by atoms with van der Waals surface area (Å²) < 4.78 is 1.25. The molecule has 0 radical (unpaired) electrons. The Bertz CT molecular complexity index is 553. The van der Waals surface area contributed by atoms with Crippen LogP contribution < -0.4 is 5.32 Å². The van der Waals surface area contributed by atoms with Gasteiger partial charge in [-0.2, -0.15) is 0 Å². The maximum absolute atomic E-state index is 4.08. The highest BCUT2D eigenvalue weighted by atomic mass is 79.9. The van der Waals surface area contributed by atoms with E-state index in [9.17, 15) is 0 Å². The molecule has 0 aromatic carbocycles. The molecule has 2 nitrogen and oxygen atoms in total. The lowest BCUT2D eigenvalue weighted by molar-refractivity contribution is 0.418. The lowest BCUT2D eigenvalue weighted by Gasteiger charge is -2.27. The van der Waals surface area contributed by atoms with Gasteiger partial charge in [0.05, 0.1) is 3.79 Å². The molecule has 0 fully saturated rings. The molecule has 2 aromatic rings. The van der Waals surface area contributed by atoms with E-state index < -0.39 is 0 Å². The first-order valence-corrected chi connectivity index (χ1v) is 8.29. The fourth-order valence-corrected chi connectivity index (χ4v) is 4.56. The number of thiophene rings is 1. The molecule has 0 amide bonds. The van der Waals surface area contributed by atoms with Crippen LogP contribution in [0.5, 0.6) is 0 Å². The van der Waals surface area contributed by atoms with Gasteiger partial charge in [-0.3, -0.25) is 4.98 Å². The lowest BCUT2D eigenvalue weighted by Crippen LogP contribution is -2.27. The standard InChI is InChI=1S/C15H17BrN2S/c1-10(11-5-7-17-8-6-11)18-13-3-2-4-14-12(13)9-15(16)19-14/h5-10,13,18H,2-4H2,1H3/t10-,13?/m0/s1. The zero-order valence-corrected chi connectivity index (χ0v) is 13.3. The minimum atomic E-state index is 0.359. The third kappa shape index (κ3) is 2.91. The monoisotopic (exact) mass is 336 g/mol. The van der Waals surface area contributed by atoms with Gasteiger partial charge in [-0.05, 0) is 71.4 Å². The van der Waals surface area contributed by atoms with Crippen LogP contribution in [0.1, 0.15) is 47.9 Å². The maximum atomic E-state index is 4.08. The van der Waals surface area contributed by atoms with Crippen molar-refractivity contribution in [3.63, 3.8) is 0 Å². The highest BCUT2D eigenvalue weighted by Crippen LogP contribution is 2.38. The third-order valence-corrected chi connectivity index (χ3v) is 5.45. The summed E-state index contributed by atoms with van der Waals surface area (Å²) in [7, 11) is 0. The Balaban J connectivity index is 1.77. The summed E-state index contributed by atoms with van der Waals surface area (Å²) in [6.45, 7) is 2.23. The molecule has 4 heteroatoms. The van der Waals surface area contributed by atoms with Gasteiger partial charge in [0, 0.05) is 29.4 Å². The largest absolute Gasteiger partial charge is 0.303 e. The molecule has 1 aliphatic rings. The topological polar surface area (TPSA) is 24.9 Å². The second kappa shape index (κ2) is 5.73. The molecule has 0 spiro atoms. The van der Waals surface area contributed by atoms with E-state index >= 15 is 0 Å². The predicted octanol–water partition coefficient (Wildman–Crippen LogP) is 4.63. The predicted molar refractivity (Wildman–Crippen MR) is 83.5 cm³/mol. The van der Waals surface area contributed by atoms with Gasteiger partial charge in [-0.25, -0.2) is 0 Å². The Hall–Kier alpha value is -0.710. The summed E-state index contributed by atoms with van der Waals surface area (Å²) in [5, 5.41) is 3.76. The minimum Gasteiger partial charge on any atom is -0.303 e. The molecule has 0 aliphatic heterocycles. The van der Waals surface area contributed by atoms with Crippen LogP contribution in [0.25, 0.3) is 0 Å². The quantitative estimate of drug-likeness (QED) is 0.883. The molecule has 100 valence electrons. The zero-order chi connectivity index (χ0) is 13.2. The number of rotatable bonds is 3. The van der Waals surface area contributed by atoms with Crippen LogP contribution in [-0.4, -0.2) is 4.98 Å². The summed E-state index contributed by atoms with van der Waals surface area (Å²) in [6, 6.07) is 7.30. The van der Waals surface area contributed by atoms with Gasteiger partial charge in [0.15, 0.2) is 0 Å². The number of nitrogens with one attached hydrogen (secondary N) is 1. The molecule has 19 heavy (non-hydrogen) atoms. The SMILES string of the molecule is C[C@H](NC1CCCc2sc(Br)cc21)c1ccncc1. The highest BCUT2D eigenvalue weighted by molar-refractivity contribution is 9.11. The van der Waals surface area contributed by atoms with Crippen LogP contribution in [0.15, 0.2) is 34.4 Å². The first kappa shape index (κ1) is 13.3. The van der Waals surface area contributed by atoms with Gasteiger partial charge >= 0.3 is 0 Å². The van der Waals surface area contributed by atoms with Gasteiger partial charge in [0.25, 0.3) is 0 Å². The van der Waals surface area contributed by atoms with Crippen LogP contribution in [0, 0.1) is 0 Å². The average molecular weight is 337 g/mol. The number of fused-ring (bicyclic) bond motifs is 1. The minimum absolute atomic E-state index is 0.359. The molecule has 1 unspecified atom stereocenters. The summed E-state index contributed by atoms with van der Waals surface area (Å²) in [6.07, 6.45) is 7.46. The Kier molecular flexibility index (Phi) is 4.01. The molecule has 0 saturated heterocycles. The second-order valence-corrected chi connectivity index (χ2v) is 7.56. The van der Waals surface area contributed by atoms with E-state index in [-0.39, 0.29) is 0 Å². The number of halogens is 1. The number of aryl methyl sites for hydroxylation is 1. The van der Waals surface area contributed by atoms with Crippen molar-refractivity contribution in [3.8, 4) is 0 Å². The number of hydrogen-bond donors (Lipinski definition) is 1. The van der Waals surface area contributed by atoms with E-state index in [0.717, 1.165) is 0 Å². The van der Waals surface area contributed by atoms with Crippen molar-refractivity contribution in [3.05, 3.63) is 50.4 Å². The summed E-state index contributed by atoms with van der Waals surface area (Å²) in [5.74, 6) is 0. The van der Waals surface area contributed by atoms with Gasteiger partial charge in [0.2, 0.25) is 0 Å². The Morgan fingerprint density at radius 3 is 3.00 bits per heavy atom. The molecule has 1 aliphatic carbocycles. The van der Waals surface area contributed by atoms with E-state index in [1.54, 1.807) is 0 Å². The number of nitrogens with zero attached hydrogens (tertiary/aromatic N) is 1. The zero-order valence-electron chi connectivity index (χ0n) is 10.9. The van der Waals surface area contributed by atoms with Crippen LogP contribution in [0.4, 0.5) is 0 Å². The number of aromatic nitrogens is 1. The van der Waals surface area contributed by atoms with Crippen molar-refractivity contribution < 1.29 is 0 Å². The van der Waals surface area contributed by atoms with Gasteiger partial charge in [0.1, 0.15) is 0 Å². The molecule has 2 atom stereocenters. The van der Waals surface area contributed by atoms with Crippen molar-refractivity contribution in [2.24, 2.45) is 0 Å². The smallest absolute Gasteiger partial charge is 0.0704 e. The van der Waals surface area contributed by atoms with E-state index in [1.165, 1.54) is 39.1 Å². The van der Waals surface area contributed by atoms with Gasteiger partial charge < -0.3 is 5.32 Å². The summed E-state index contributed by atoms with van der Waals surface area (Å²) in [4.78, 5) is 5.62. The van der Waals surface area contributed by atoms with Crippen LogP contribution in [-0.2, 0) is 6.42 Å². The lowest BCUT2D eigenvalue weighted by atomic mass is 9.93. The Morgan fingerprint density at radius 1 is 1.42 bits per heavy atom. The van der Waals surface area contributed by atoms with Crippen LogP contribution in [0.3, 0.4) is 0 Å². The fraction of sp³-hybridized carbons (Fsp3) is 0.400. The Labute approximate surface area is 126 Å². The van der Waals surface area contributed by atoms with E-state index in [4.69, 9.17) is 0 Å². The molecular formula is C15H17BrN2S. The molecule has 1 N–H and O–H groups in total. The molecular weight excluding hydrogens is 320 g/mol. The molecule has 0 saturated carbocycles. The maximum Gasteiger partial charge on any atom is 0.0704 e. The molecule has 0 bridgehead atoms. The highest BCUT2D eigenvalue weighted by Gasteiger charge is 2.23. The first-order valence-electron chi connectivity index (χ1n) is 6.68. The van der Waals surface area contributed by atoms with Crippen molar-refractivity contribution in [1.29, 1.82) is 0 Å². The molecule has 3 rings (SSSR count). The van der Waals surface area contributed by atoms with Crippen LogP contribution >= 0.6 is 27.3 Å². The molecule has 2 heterocycles. The van der Waals surface area contributed by atoms with E-state index in [0.29, 0.717) is 12.1 Å². The number of pyridine rings is 1. The first-order chi connectivity index (χ1) is 9.24. The van der Waals surface area contributed by atoms with Crippen molar-refractivity contribution in [1.82, 2.24) is 10.3 Å². The van der Waals surface area contributed by atoms with Crippen molar-refractivity contribution in [2.75, 3.05) is 0 Å². The van der Waals surface area contributed by atoms with E-state index in [2.05, 4.69) is 51.4 Å². The van der Waals surface area contributed by atoms with Crippen molar-refractivity contribution >= 4 is 27.3 Å². The average Bonchev–Trinajstić information content (AvgIpc) is 2.81. The van der Waals surface area contributed by atoms with Gasteiger partial charge in [-0.1, -0.05) is 0 Å². The Morgan fingerprint density at radius 2 is 2.21 bits per heavy atom. The van der Waals surface area contributed by atoms with E-state index in [1.807, 2.05) is 23.7 Å².